The van der Waals surface area contributed by atoms with Crippen molar-refractivity contribution >= 4 is 11.6 Å². The molecule has 22 heavy (non-hydrogen) atoms. The lowest BCUT2D eigenvalue weighted by molar-refractivity contribution is -0.119. The Hall–Kier alpha value is -2.17. The average molecular weight is 298 g/mol. The Bertz CT molecular complexity index is 688. The number of likely N-dealkylation sites (N-methyl/N-ethyl adjacent to an activating group) is 1. The maximum Gasteiger partial charge on any atom is 0.248 e. The van der Waals surface area contributed by atoms with Crippen molar-refractivity contribution in [1.82, 2.24) is 15.0 Å². The zero-order valence-corrected chi connectivity index (χ0v) is 13.4. The summed E-state index contributed by atoms with van der Waals surface area (Å²) in [5, 5.41) is 8.24. The van der Waals surface area contributed by atoms with Crippen molar-refractivity contribution in [2.45, 2.75) is 46.1 Å². The summed E-state index contributed by atoms with van der Waals surface area (Å²) in [5.74, 6) is 0.604. The van der Waals surface area contributed by atoms with Gasteiger partial charge in [0.15, 0.2) is 0 Å². The minimum absolute atomic E-state index is 0.0432. The summed E-state index contributed by atoms with van der Waals surface area (Å²) in [4.78, 5) is 14.4. The largest absolute Gasteiger partial charge is 0.311 e. The first-order chi connectivity index (χ1) is 10.6. The van der Waals surface area contributed by atoms with Crippen LogP contribution in [0.1, 0.15) is 42.5 Å². The lowest BCUT2D eigenvalue weighted by Gasteiger charge is -2.23. The van der Waals surface area contributed by atoms with Gasteiger partial charge in [0.2, 0.25) is 5.91 Å². The Labute approximate surface area is 130 Å². The van der Waals surface area contributed by atoms with Crippen molar-refractivity contribution in [3.8, 4) is 0 Å². The summed E-state index contributed by atoms with van der Waals surface area (Å²) in [7, 11) is 0. The number of aryl methyl sites for hydroxylation is 2. The molecule has 0 N–H and O–H groups in total. The molecule has 0 bridgehead atoms. The van der Waals surface area contributed by atoms with Crippen molar-refractivity contribution in [2.24, 2.45) is 0 Å². The van der Waals surface area contributed by atoms with Crippen LogP contribution in [0.2, 0.25) is 0 Å². The van der Waals surface area contributed by atoms with Gasteiger partial charge in [-0.3, -0.25) is 4.79 Å². The minimum Gasteiger partial charge on any atom is -0.311 e. The summed E-state index contributed by atoms with van der Waals surface area (Å²) in [6, 6.07) is 6.16. The number of carbonyl (C=O) groups is 1. The molecule has 1 aliphatic rings. The van der Waals surface area contributed by atoms with Crippen LogP contribution >= 0.6 is 0 Å². The normalized spacial score (nSPS) is 14.1. The molecule has 2 aromatic rings. The summed E-state index contributed by atoms with van der Waals surface area (Å²) < 4.78 is 1.65. The van der Waals surface area contributed by atoms with Crippen molar-refractivity contribution in [3.63, 3.8) is 0 Å². The molecule has 1 heterocycles. The lowest BCUT2D eigenvalue weighted by Crippen LogP contribution is -2.34. The molecule has 1 aromatic carbocycles. The van der Waals surface area contributed by atoms with E-state index in [1.54, 1.807) is 4.68 Å². The molecule has 0 aliphatic heterocycles. The summed E-state index contributed by atoms with van der Waals surface area (Å²) in [6.07, 6.45) is 4.29. The van der Waals surface area contributed by atoms with Gasteiger partial charge in [0, 0.05) is 24.3 Å². The number of hydrogen-bond donors (Lipinski definition) is 0. The van der Waals surface area contributed by atoms with Gasteiger partial charge in [0.25, 0.3) is 0 Å². The van der Waals surface area contributed by atoms with E-state index in [1.807, 2.05) is 37.1 Å². The quantitative estimate of drug-likeness (QED) is 0.853. The zero-order valence-electron chi connectivity index (χ0n) is 13.4. The predicted octanol–water partition coefficient (Wildman–Crippen LogP) is 2.83. The SMILES string of the molecule is CCN(C(=O)Cn1cc(C2CC2)nn1)c1ccc(C)cc1C. The van der Waals surface area contributed by atoms with Gasteiger partial charge in [-0.15, -0.1) is 5.10 Å². The maximum absolute atomic E-state index is 12.6. The smallest absolute Gasteiger partial charge is 0.248 e. The summed E-state index contributed by atoms with van der Waals surface area (Å²) in [5.41, 5.74) is 4.31. The first-order valence-electron chi connectivity index (χ1n) is 7.86. The van der Waals surface area contributed by atoms with Crippen LogP contribution in [0.5, 0.6) is 0 Å². The van der Waals surface area contributed by atoms with Crippen LogP contribution in [-0.2, 0) is 11.3 Å². The number of nitrogens with zero attached hydrogens (tertiary/aromatic N) is 4. The molecule has 0 spiro atoms. The number of carbonyl (C=O) groups excluding carboxylic acids is 1. The molecule has 1 aromatic heterocycles. The molecule has 1 amide bonds. The van der Waals surface area contributed by atoms with E-state index in [1.165, 1.54) is 18.4 Å². The first-order valence-corrected chi connectivity index (χ1v) is 7.86. The third-order valence-corrected chi connectivity index (χ3v) is 4.11. The van der Waals surface area contributed by atoms with E-state index in [-0.39, 0.29) is 12.5 Å². The Balaban J connectivity index is 1.75. The van der Waals surface area contributed by atoms with Gasteiger partial charge in [-0.25, -0.2) is 4.68 Å². The predicted molar refractivity (Wildman–Crippen MR) is 85.9 cm³/mol. The standard InChI is InChI=1S/C17H22N4O/c1-4-21(16-8-5-12(2)9-13(16)3)17(22)11-20-10-15(18-19-20)14-6-7-14/h5,8-10,14H,4,6-7,11H2,1-3H3. The van der Waals surface area contributed by atoms with Crippen molar-refractivity contribution < 1.29 is 4.79 Å². The molecule has 1 aliphatic carbocycles. The Morgan fingerprint density at radius 2 is 2.14 bits per heavy atom. The number of hydrogen-bond acceptors (Lipinski definition) is 3. The third kappa shape index (κ3) is 3.03. The highest BCUT2D eigenvalue weighted by molar-refractivity contribution is 5.93. The van der Waals surface area contributed by atoms with Gasteiger partial charge in [0.1, 0.15) is 6.54 Å². The molecule has 0 atom stereocenters. The second-order valence-corrected chi connectivity index (χ2v) is 6.04. The second-order valence-electron chi connectivity index (χ2n) is 6.04. The number of rotatable bonds is 5. The molecule has 0 saturated heterocycles. The Morgan fingerprint density at radius 1 is 1.36 bits per heavy atom. The topological polar surface area (TPSA) is 51.0 Å². The van der Waals surface area contributed by atoms with Crippen molar-refractivity contribution in [3.05, 3.63) is 41.2 Å². The van der Waals surface area contributed by atoms with E-state index in [4.69, 9.17) is 0 Å². The highest BCUT2D eigenvalue weighted by Crippen LogP contribution is 2.38. The molecular weight excluding hydrogens is 276 g/mol. The molecule has 0 unspecified atom stereocenters. The Kier molecular flexibility index (Phi) is 3.96. The maximum atomic E-state index is 12.6. The fraction of sp³-hybridized carbons (Fsp3) is 0.471. The van der Waals surface area contributed by atoms with Gasteiger partial charge < -0.3 is 4.90 Å². The fourth-order valence-corrected chi connectivity index (χ4v) is 2.77. The number of anilines is 1. The molecule has 116 valence electrons. The van der Waals surface area contributed by atoms with Crippen molar-refractivity contribution in [1.29, 1.82) is 0 Å². The second kappa shape index (κ2) is 5.91. The summed E-state index contributed by atoms with van der Waals surface area (Å²) in [6.45, 7) is 6.98. The van der Waals surface area contributed by atoms with Gasteiger partial charge in [-0.1, -0.05) is 22.9 Å². The minimum atomic E-state index is 0.0432. The van der Waals surface area contributed by atoms with Crippen LogP contribution < -0.4 is 4.90 Å². The van der Waals surface area contributed by atoms with Crippen LogP contribution in [-0.4, -0.2) is 27.4 Å². The van der Waals surface area contributed by atoms with E-state index in [0.717, 1.165) is 16.9 Å². The van der Waals surface area contributed by atoms with Crippen molar-refractivity contribution in [2.75, 3.05) is 11.4 Å². The Morgan fingerprint density at radius 3 is 2.77 bits per heavy atom. The highest BCUT2D eigenvalue weighted by atomic mass is 16.2. The number of aromatic nitrogens is 3. The van der Waals surface area contributed by atoms with Crippen LogP contribution in [0.25, 0.3) is 0 Å². The monoisotopic (exact) mass is 298 g/mol. The van der Waals surface area contributed by atoms with Gasteiger partial charge in [-0.2, -0.15) is 0 Å². The molecule has 0 radical (unpaired) electrons. The molecule has 1 fully saturated rings. The van der Waals surface area contributed by atoms with E-state index in [0.29, 0.717) is 12.5 Å². The first kappa shape index (κ1) is 14.8. The zero-order chi connectivity index (χ0) is 15.7. The van der Waals surface area contributed by atoms with E-state index < -0.39 is 0 Å². The molecule has 1 saturated carbocycles. The fourth-order valence-electron chi connectivity index (χ4n) is 2.77. The van der Waals surface area contributed by atoms with E-state index in [9.17, 15) is 4.79 Å². The number of benzene rings is 1. The van der Waals surface area contributed by atoms with Gasteiger partial charge in [0.05, 0.1) is 5.69 Å². The van der Waals surface area contributed by atoms with Crippen LogP contribution in [0.15, 0.2) is 24.4 Å². The van der Waals surface area contributed by atoms with Crippen LogP contribution in [0.3, 0.4) is 0 Å². The van der Waals surface area contributed by atoms with E-state index in [2.05, 4.69) is 23.3 Å². The van der Waals surface area contributed by atoms with Gasteiger partial charge in [-0.05, 0) is 45.2 Å². The van der Waals surface area contributed by atoms with E-state index >= 15 is 0 Å². The van der Waals surface area contributed by atoms with Gasteiger partial charge >= 0.3 is 0 Å². The average Bonchev–Trinajstić information content (AvgIpc) is 3.23. The molecule has 5 nitrogen and oxygen atoms in total. The molecular formula is C17H22N4O. The highest BCUT2D eigenvalue weighted by Gasteiger charge is 2.27. The molecule has 3 rings (SSSR count). The van der Waals surface area contributed by atoms with Crippen LogP contribution in [0, 0.1) is 13.8 Å². The third-order valence-electron chi connectivity index (χ3n) is 4.11. The molecule has 5 heteroatoms. The van der Waals surface area contributed by atoms with Crippen LogP contribution in [0.4, 0.5) is 5.69 Å². The summed E-state index contributed by atoms with van der Waals surface area (Å²) >= 11 is 0. The number of amides is 1. The lowest BCUT2D eigenvalue weighted by atomic mass is 10.1.